The second-order valence-electron chi connectivity index (χ2n) is 5.65. The van der Waals surface area contributed by atoms with Crippen LogP contribution in [-0.2, 0) is 18.7 Å². The zero-order chi connectivity index (χ0) is 16.9. The average molecular weight is 359 g/mol. The van der Waals surface area contributed by atoms with Gasteiger partial charge >= 0.3 is 0 Å². The summed E-state index contributed by atoms with van der Waals surface area (Å²) < 4.78 is 2.24. The lowest BCUT2D eigenvalue weighted by Crippen LogP contribution is -2.04. The SMILES string of the molecule is CCCn1c(CC)nnc1SCc1csc(-c2ccccc2C)n1. The molecule has 0 bridgehead atoms. The van der Waals surface area contributed by atoms with Crippen molar-refractivity contribution in [3.63, 3.8) is 0 Å². The summed E-state index contributed by atoms with van der Waals surface area (Å²) in [5.74, 6) is 1.90. The van der Waals surface area contributed by atoms with Crippen molar-refractivity contribution in [2.45, 2.75) is 51.1 Å². The standard InChI is InChI=1S/C18H22N4S2/c1-4-10-22-16(5-2)20-21-18(22)24-12-14-11-23-17(19-14)15-9-7-6-8-13(15)3/h6-9,11H,4-5,10,12H2,1-3H3. The van der Waals surface area contributed by atoms with E-state index in [2.05, 4.69) is 65.2 Å². The molecule has 4 nitrogen and oxygen atoms in total. The minimum atomic E-state index is 0.827. The highest BCUT2D eigenvalue weighted by Gasteiger charge is 2.12. The Kier molecular flexibility index (Phi) is 5.68. The monoisotopic (exact) mass is 358 g/mol. The highest BCUT2D eigenvalue weighted by atomic mass is 32.2. The Hall–Kier alpha value is -1.66. The minimum absolute atomic E-state index is 0.827. The maximum atomic E-state index is 4.80. The van der Waals surface area contributed by atoms with E-state index in [0.717, 1.165) is 46.8 Å². The topological polar surface area (TPSA) is 43.6 Å². The maximum Gasteiger partial charge on any atom is 0.191 e. The molecule has 24 heavy (non-hydrogen) atoms. The number of hydrogen-bond acceptors (Lipinski definition) is 5. The largest absolute Gasteiger partial charge is 0.306 e. The zero-order valence-corrected chi connectivity index (χ0v) is 16.0. The number of rotatable bonds is 7. The van der Waals surface area contributed by atoms with Gasteiger partial charge in [-0.15, -0.1) is 21.5 Å². The second-order valence-corrected chi connectivity index (χ2v) is 7.45. The van der Waals surface area contributed by atoms with E-state index in [1.54, 1.807) is 23.1 Å². The predicted octanol–water partition coefficient (Wildman–Crippen LogP) is 4.97. The third-order valence-corrected chi connectivity index (χ3v) is 5.76. The summed E-state index contributed by atoms with van der Waals surface area (Å²) in [5.41, 5.74) is 3.59. The molecule has 1 aromatic carbocycles. The molecule has 0 spiro atoms. The lowest BCUT2D eigenvalue weighted by Gasteiger charge is -2.06. The van der Waals surface area contributed by atoms with E-state index >= 15 is 0 Å². The fourth-order valence-corrected chi connectivity index (χ4v) is 4.47. The number of aromatic nitrogens is 4. The molecule has 2 aromatic heterocycles. The molecular formula is C18H22N4S2. The van der Waals surface area contributed by atoms with E-state index in [1.807, 2.05) is 0 Å². The van der Waals surface area contributed by atoms with E-state index in [4.69, 9.17) is 4.98 Å². The van der Waals surface area contributed by atoms with Gasteiger partial charge in [0.25, 0.3) is 0 Å². The fraction of sp³-hybridized carbons (Fsp3) is 0.389. The summed E-state index contributed by atoms with van der Waals surface area (Å²) in [6.45, 7) is 7.41. The summed E-state index contributed by atoms with van der Waals surface area (Å²) in [6, 6.07) is 8.40. The molecule has 0 aliphatic carbocycles. The number of benzene rings is 1. The Morgan fingerprint density at radius 1 is 1.17 bits per heavy atom. The van der Waals surface area contributed by atoms with Gasteiger partial charge in [0.15, 0.2) is 5.16 Å². The van der Waals surface area contributed by atoms with Gasteiger partial charge in [0, 0.05) is 29.7 Å². The maximum absolute atomic E-state index is 4.80. The second kappa shape index (κ2) is 7.94. The van der Waals surface area contributed by atoms with Crippen LogP contribution in [0.4, 0.5) is 0 Å². The molecule has 0 atom stereocenters. The highest BCUT2D eigenvalue weighted by Crippen LogP contribution is 2.29. The van der Waals surface area contributed by atoms with Crippen LogP contribution in [0.25, 0.3) is 10.6 Å². The Labute approximate surface area is 151 Å². The fourth-order valence-electron chi connectivity index (χ4n) is 2.58. The lowest BCUT2D eigenvalue weighted by molar-refractivity contribution is 0.595. The minimum Gasteiger partial charge on any atom is -0.306 e. The summed E-state index contributed by atoms with van der Waals surface area (Å²) in [4.78, 5) is 4.80. The van der Waals surface area contributed by atoms with E-state index in [-0.39, 0.29) is 0 Å². The summed E-state index contributed by atoms with van der Waals surface area (Å²) in [6.07, 6.45) is 2.01. The van der Waals surface area contributed by atoms with Crippen LogP contribution in [0.1, 0.15) is 37.4 Å². The van der Waals surface area contributed by atoms with Gasteiger partial charge in [0.1, 0.15) is 10.8 Å². The first-order valence-electron chi connectivity index (χ1n) is 8.28. The third kappa shape index (κ3) is 3.70. The van der Waals surface area contributed by atoms with Crippen LogP contribution in [0.5, 0.6) is 0 Å². The van der Waals surface area contributed by atoms with Crippen molar-refractivity contribution in [3.8, 4) is 10.6 Å². The molecule has 2 heterocycles. The van der Waals surface area contributed by atoms with Gasteiger partial charge in [0.05, 0.1) is 5.69 Å². The lowest BCUT2D eigenvalue weighted by atomic mass is 10.1. The molecule has 0 saturated heterocycles. The van der Waals surface area contributed by atoms with Gasteiger partial charge in [-0.05, 0) is 18.9 Å². The number of thioether (sulfide) groups is 1. The van der Waals surface area contributed by atoms with Gasteiger partial charge in [0.2, 0.25) is 0 Å². The van der Waals surface area contributed by atoms with Crippen LogP contribution in [0.3, 0.4) is 0 Å². The molecule has 0 aliphatic heterocycles. The van der Waals surface area contributed by atoms with Crippen molar-refractivity contribution in [1.82, 2.24) is 19.7 Å². The van der Waals surface area contributed by atoms with Crippen LogP contribution in [-0.4, -0.2) is 19.7 Å². The van der Waals surface area contributed by atoms with E-state index in [1.165, 1.54) is 11.1 Å². The molecule has 3 aromatic rings. The van der Waals surface area contributed by atoms with Crippen LogP contribution in [0.15, 0.2) is 34.8 Å². The summed E-state index contributed by atoms with van der Waals surface area (Å²) >= 11 is 3.43. The first-order chi connectivity index (χ1) is 11.7. The first kappa shape index (κ1) is 17.2. The van der Waals surface area contributed by atoms with Crippen molar-refractivity contribution in [1.29, 1.82) is 0 Å². The van der Waals surface area contributed by atoms with Crippen molar-refractivity contribution >= 4 is 23.1 Å². The molecule has 0 saturated carbocycles. The first-order valence-corrected chi connectivity index (χ1v) is 10.1. The molecule has 126 valence electrons. The smallest absolute Gasteiger partial charge is 0.191 e. The van der Waals surface area contributed by atoms with Crippen molar-refractivity contribution in [2.24, 2.45) is 0 Å². The molecule has 0 radical (unpaired) electrons. The molecule has 6 heteroatoms. The van der Waals surface area contributed by atoms with Crippen molar-refractivity contribution < 1.29 is 0 Å². The Balaban J connectivity index is 1.72. The van der Waals surface area contributed by atoms with Crippen molar-refractivity contribution in [3.05, 3.63) is 46.7 Å². The quantitative estimate of drug-likeness (QED) is 0.559. The molecule has 0 unspecified atom stereocenters. The van der Waals surface area contributed by atoms with Crippen LogP contribution >= 0.6 is 23.1 Å². The van der Waals surface area contributed by atoms with E-state index < -0.39 is 0 Å². The van der Waals surface area contributed by atoms with E-state index in [9.17, 15) is 0 Å². The molecule has 0 fully saturated rings. The zero-order valence-electron chi connectivity index (χ0n) is 14.3. The number of hydrogen-bond donors (Lipinski definition) is 0. The third-order valence-electron chi connectivity index (χ3n) is 3.83. The van der Waals surface area contributed by atoms with Crippen molar-refractivity contribution in [2.75, 3.05) is 0 Å². The van der Waals surface area contributed by atoms with E-state index in [0.29, 0.717) is 0 Å². The Morgan fingerprint density at radius 2 is 2.00 bits per heavy atom. The van der Waals surface area contributed by atoms with Gasteiger partial charge in [-0.25, -0.2) is 4.98 Å². The van der Waals surface area contributed by atoms with Crippen LogP contribution in [0.2, 0.25) is 0 Å². The summed E-state index contributed by atoms with van der Waals surface area (Å²) in [7, 11) is 0. The van der Waals surface area contributed by atoms with Gasteiger partial charge in [-0.2, -0.15) is 0 Å². The molecule has 3 rings (SSSR count). The van der Waals surface area contributed by atoms with Crippen LogP contribution in [0, 0.1) is 6.92 Å². The predicted molar refractivity (Wildman–Crippen MR) is 102 cm³/mol. The van der Waals surface area contributed by atoms with Gasteiger partial charge in [-0.1, -0.05) is 49.9 Å². The molecule has 0 aliphatic rings. The number of thiazole rings is 1. The Morgan fingerprint density at radius 3 is 2.75 bits per heavy atom. The Bertz CT molecular complexity index is 807. The van der Waals surface area contributed by atoms with Crippen LogP contribution < -0.4 is 0 Å². The number of nitrogens with zero attached hydrogens (tertiary/aromatic N) is 4. The molecular weight excluding hydrogens is 336 g/mol. The summed E-state index contributed by atoms with van der Waals surface area (Å²) in [5, 5.41) is 12.9. The highest BCUT2D eigenvalue weighted by molar-refractivity contribution is 7.98. The van der Waals surface area contributed by atoms with Gasteiger partial charge < -0.3 is 4.57 Å². The normalized spacial score (nSPS) is 11.1. The molecule has 0 N–H and O–H groups in total. The molecule has 0 amide bonds. The average Bonchev–Trinajstić information content (AvgIpc) is 3.21. The number of aryl methyl sites for hydroxylation is 2. The van der Waals surface area contributed by atoms with Gasteiger partial charge in [-0.3, -0.25) is 0 Å².